The molecular weight excluding hydrogens is 339 g/mol. The number of nitrogens with one attached hydrogen (secondary N) is 1. The van der Waals surface area contributed by atoms with E-state index in [2.05, 4.69) is 21.4 Å². The normalized spacial score (nSPS) is 12.7. The number of benzene rings is 1. The number of thiophene rings is 1. The largest absolute Gasteiger partial charge is 0.271 e. The van der Waals surface area contributed by atoms with Crippen molar-refractivity contribution in [1.82, 2.24) is 5.43 Å². The molecule has 96 valence electrons. The van der Waals surface area contributed by atoms with Gasteiger partial charge in [-0.05, 0) is 46.1 Å². The van der Waals surface area contributed by atoms with E-state index in [9.17, 15) is 4.39 Å². The monoisotopic (exact) mass is 348 g/mol. The predicted molar refractivity (Wildman–Crippen MR) is 77.2 cm³/mol. The molecule has 0 saturated carbocycles. The highest BCUT2D eigenvalue weighted by molar-refractivity contribution is 9.10. The molecule has 18 heavy (non-hydrogen) atoms. The predicted octanol–water partition coefficient (Wildman–Crippen LogP) is 4.05. The third-order valence-electron chi connectivity index (χ3n) is 2.56. The smallest absolute Gasteiger partial charge is 0.142 e. The first-order chi connectivity index (χ1) is 8.60. The lowest BCUT2D eigenvalue weighted by molar-refractivity contribution is 0.556. The van der Waals surface area contributed by atoms with E-state index in [1.165, 1.54) is 6.07 Å². The molecule has 1 heterocycles. The van der Waals surface area contributed by atoms with Crippen LogP contribution in [-0.2, 0) is 6.42 Å². The lowest BCUT2D eigenvalue weighted by Gasteiger charge is -2.14. The highest BCUT2D eigenvalue weighted by Crippen LogP contribution is 2.28. The Bertz CT molecular complexity index is 547. The molecule has 1 atom stereocenters. The van der Waals surface area contributed by atoms with Crippen LogP contribution in [0.15, 0.2) is 34.1 Å². The van der Waals surface area contributed by atoms with Gasteiger partial charge in [0, 0.05) is 14.7 Å². The van der Waals surface area contributed by atoms with Crippen LogP contribution in [0.2, 0.25) is 5.02 Å². The molecule has 0 aliphatic carbocycles. The Morgan fingerprint density at radius 1 is 1.44 bits per heavy atom. The summed E-state index contributed by atoms with van der Waals surface area (Å²) in [5, 5.41) is 2.12. The van der Waals surface area contributed by atoms with Gasteiger partial charge in [0.15, 0.2) is 0 Å². The van der Waals surface area contributed by atoms with E-state index >= 15 is 0 Å². The lowest BCUT2D eigenvalue weighted by Crippen LogP contribution is -2.28. The molecule has 0 fully saturated rings. The summed E-state index contributed by atoms with van der Waals surface area (Å²) in [6.07, 6.45) is 0.609. The molecule has 1 aromatic heterocycles. The van der Waals surface area contributed by atoms with Gasteiger partial charge in [0.05, 0.1) is 11.1 Å². The van der Waals surface area contributed by atoms with Gasteiger partial charge in [0.1, 0.15) is 5.82 Å². The molecule has 1 aromatic carbocycles. The molecule has 0 bridgehead atoms. The number of hydrogen-bond acceptors (Lipinski definition) is 3. The average molecular weight is 350 g/mol. The van der Waals surface area contributed by atoms with Crippen molar-refractivity contribution in [1.29, 1.82) is 0 Å². The highest BCUT2D eigenvalue weighted by atomic mass is 79.9. The van der Waals surface area contributed by atoms with E-state index in [1.807, 2.05) is 11.4 Å². The van der Waals surface area contributed by atoms with Crippen molar-refractivity contribution in [2.24, 2.45) is 5.84 Å². The van der Waals surface area contributed by atoms with Gasteiger partial charge in [-0.3, -0.25) is 11.3 Å². The van der Waals surface area contributed by atoms with Crippen LogP contribution >= 0.6 is 38.9 Å². The third kappa shape index (κ3) is 3.30. The van der Waals surface area contributed by atoms with Crippen LogP contribution in [0.4, 0.5) is 4.39 Å². The van der Waals surface area contributed by atoms with E-state index in [1.54, 1.807) is 23.5 Å². The van der Waals surface area contributed by atoms with Crippen LogP contribution in [-0.4, -0.2) is 0 Å². The molecular formula is C12H11BrClFN2S. The molecule has 2 aromatic rings. The fourth-order valence-electron chi connectivity index (χ4n) is 1.65. The Labute approximate surface area is 122 Å². The molecule has 0 radical (unpaired) electrons. The van der Waals surface area contributed by atoms with Gasteiger partial charge in [0.2, 0.25) is 0 Å². The van der Waals surface area contributed by atoms with E-state index in [0.717, 1.165) is 14.9 Å². The van der Waals surface area contributed by atoms with E-state index in [-0.39, 0.29) is 11.1 Å². The summed E-state index contributed by atoms with van der Waals surface area (Å²) in [6.45, 7) is 0. The van der Waals surface area contributed by atoms with Crippen molar-refractivity contribution in [2.45, 2.75) is 12.5 Å². The summed E-state index contributed by atoms with van der Waals surface area (Å²) in [4.78, 5) is 1.10. The zero-order chi connectivity index (χ0) is 13.1. The molecule has 0 saturated heterocycles. The molecule has 0 spiro atoms. The van der Waals surface area contributed by atoms with Gasteiger partial charge in [-0.2, -0.15) is 0 Å². The van der Waals surface area contributed by atoms with Crippen LogP contribution in [0.3, 0.4) is 0 Å². The molecule has 0 amide bonds. The van der Waals surface area contributed by atoms with Crippen molar-refractivity contribution in [3.8, 4) is 0 Å². The van der Waals surface area contributed by atoms with Gasteiger partial charge in [-0.1, -0.05) is 17.7 Å². The van der Waals surface area contributed by atoms with Crippen LogP contribution in [0.1, 0.15) is 16.5 Å². The minimum Gasteiger partial charge on any atom is -0.271 e. The van der Waals surface area contributed by atoms with Crippen molar-refractivity contribution < 1.29 is 4.39 Å². The topological polar surface area (TPSA) is 38.0 Å². The molecule has 2 rings (SSSR count). The second-order valence-corrected chi connectivity index (χ2v) is 6.10. The summed E-state index contributed by atoms with van der Waals surface area (Å²) in [5.41, 5.74) is 3.60. The van der Waals surface area contributed by atoms with Crippen molar-refractivity contribution in [2.75, 3.05) is 0 Å². The maximum absolute atomic E-state index is 13.4. The molecule has 6 heteroatoms. The fourth-order valence-corrected chi connectivity index (χ4v) is 3.28. The fraction of sp³-hybridized carbons (Fsp3) is 0.167. The number of halogens is 3. The van der Waals surface area contributed by atoms with E-state index in [0.29, 0.717) is 6.42 Å². The van der Waals surface area contributed by atoms with Gasteiger partial charge in [-0.25, -0.2) is 4.39 Å². The number of hydrogen-bond donors (Lipinski definition) is 2. The van der Waals surface area contributed by atoms with Crippen molar-refractivity contribution in [3.63, 3.8) is 0 Å². The molecule has 0 aliphatic heterocycles. The summed E-state index contributed by atoms with van der Waals surface area (Å²) in [5.74, 6) is 5.15. The zero-order valence-corrected chi connectivity index (χ0v) is 12.4. The van der Waals surface area contributed by atoms with Crippen LogP contribution in [0.5, 0.6) is 0 Å². The number of nitrogens with two attached hydrogens (primary N) is 1. The minimum absolute atomic E-state index is 0.0399. The number of hydrazine groups is 1. The Kier molecular flexibility index (Phi) is 4.75. The first-order valence-electron chi connectivity index (χ1n) is 5.24. The maximum Gasteiger partial charge on any atom is 0.142 e. The van der Waals surface area contributed by atoms with Gasteiger partial charge < -0.3 is 0 Å². The van der Waals surface area contributed by atoms with Crippen molar-refractivity contribution >= 4 is 38.9 Å². The van der Waals surface area contributed by atoms with Gasteiger partial charge in [-0.15, -0.1) is 11.3 Å². The SMILES string of the molecule is NNC(Cc1ccc(Cl)c(F)c1)c1cc(Br)cs1. The van der Waals surface area contributed by atoms with E-state index < -0.39 is 5.82 Å². The Morgan fingerprint density at radius 3 is 2.78 bits per heavy atom. The Morgan fingerprint density at radius 2 is 2.22 bits per heavy atom. The second kappa shape index (κ2) is 6.12. The molecule has 0 aliphatic rings. The minimum atomic E-state index is -0.405. The summed E-state index contributed by atoms with van der Waals surface area (Å²) >= 11 is 10.7. The first-order valence-corrected chi connectivity index (χ1v) is 7.29. The Hall–Kier alpha value is -0.460. The maximum atomic E-state index is 13.4. The zero-order valence-electron chi connectivity index (χ0n) is 9.29. The Balaban J connectivity index is 2.17. The van der Waals surface area contributed by atoms with Crippen LogP contribution in [0.25, 0.3) is 0 Å². The second-order valence-electron chi connectivity index (χ2n) is 3.84. The highest BCUT2D eigenvalue weighted by Gasteiger charge is 2.13. The molecule has 3 N–H and O–H groups in total. The molecule has 1 unspecified atom stereocenters. The average Bonchev–Trinajstić information content (AvgIpc) is 2.77. The van der Waals surface area contributed by atoms with Crippen LogP contribution < -0.4 is 11.3 Å². The first kappa shape index (κ1) is 14.0. The summed E-state index contributed by atoms with van der Waals surface area (Å²) in [6, 6.07) is 6.76. The quantitative estimate of drug-likeness (QED) is 0.645. The van der Waals surface area contributed by atoms with Crippen molar-refractivity contribution in [3.05, 3.63) is 55.4 Å². The van der Waals surface area contributed by atoms with Crippen LogP contribution in [0, 0.1) is 5.82 Å². The third-order valence-corrected chi connectivity index (χ3v) is 4.67. The molecule has 2 nitrogen and oxygen atoms in total. The van der Waals surface area contributed by atoms with Gasteiger partial charge >= 0.3 is 0 Å². The lowest BCUT2D eigenvalue weighted by atomic mass is 10.1. The number of rotatable bonds is 4. The van der Waals surface area contributed by atoms with Gasteiger partial charge in [0.25, 0.3) is 0 Å². The summed E-state index contributed by atoms with van der Waals surface area (Å²) in [7, 11) is 0. The summed E-state index contributed by atoms with van der Waals surface area (Å²) < 4.78 is 14.4. The standard InChI is InChI=1S/C12H11BrClFN2S/c13-8-5-12(18-6-8)11(17-16)4-7-1-2-9(14)10(15)3-7/h1-3,5-6,11,17H,4,16H2. The van der Waals surface area contributed by atoms with E-state index in [4.69, 9.17) is 17.4 Å².